The SMILES string of the molecule is CC[C@H](Oc1ccc2ccccc2c1)C(=O)NCc1cccc(C)c1. The fourth-order valence-corrected chi connectivity index (χ4v) is 2.85. The number of rotatable bonds is 6. The standard InChI is InChI=1S/C22H23NO2/c1-3-21(22(24)23-15-17-8-6-7-16(2)13-17)25-20-12-11-18-9-4-5-10-19(18)14-20/h4-14,21H,3,15H2,1-2H3,(H,23,24)/t21-/m0/s1. The number of aryl methyl sites for hydroxylation is 1. The highest BCUT2D eigenvalue weighted by Gasteiger charge is 2.18. The van der Waals surface area contributed by atoms with Crippen LogP contribution in [0.2, 0.25) is 0 Å². The summed E-state index contributed by atoms with van der Waals surface area (Å²) in [5, 5.41) is 5.24. The van der Waals surface area contributed by atoms with Gasteiger partial charge in [-0.05, 0) is 41.8 Å². The fraction of sp³-hybridized carbons (Fsp3) is 0.227. The normalized spacial score (nSPS) is 11.9. The first kappa shape index (κ1) is 17.0. The summed E-state index contributed by atoms with van der Waals surface area (Å²) in [5.74, 6) is 0.633. The quantitative estimate of drug-likeness (QED) is 0.715. The minimum Gasteiger partial charge on any atom is -0.481 e. The summed E-state index contributed by atoms with van der Waals surface area (Å²) in [5.41, 5.74) is 2.28. The number of ether oxygens (including phenoxy) is 1. The second-order valence-corrected chi connectivity index (χ2v) is 6.23. The Hall–Kier alpha value is -2.81. The maximum atomic E-state index is 12.5. The third-order valence-corrected chi connectivity index (χ3v) is 4.21. The molecule has 0 unspecified atom stereocenters. The highest BCUT2D eigenvalue weighted by molar-refractivity contribution is 5.84. The van der Waals surface area contributed by atoms with Gasteiger partial charge in [0, 0.05) is 6.54 Å². The summed E-state index contributed by atoms with van der Waals surface area (Å²) in [4.78, 5) is 12.5. The molecule has 1 amide bonds. The third kappa shape index (κ3) is 4.38. The van der Waals surface area contributed by atoms with Gasteiger partial charge in [-0.1, -0.05) is 67.1 Å². The lowest BCUT2D eigenvalue weighted by Crippen LogP contribution is -2.37. The van der Waals surface area contributed by atoms with Gasteiger partial charge in [-0.2, -0.15) is 0 Å². The van der Waals surface area contributed by atoms with Crippen LogP contribution in [0.15, 0.2) is 66.7 Å². The van der Waals surface area contributed by atoms with E-state index >= 15 is 0 Å². The predicted octanol–water partition coefficient (Wildman–Crippen LogP) is 4.62. The molecule has 3 heteroatoms. The van der Waals surface area contributed by atoms with Crippen LogP contribution in [-0.4, -0.2) is 12.0 Å². The molecule has 0 saturated heterocycles. The lowest BCUT2D eigenvalue weighted by Gasteiger charge is -2.18. The molecule has 3 aromatic carbocycles. The molecule has 0 radical (unpaired) electrons. The minimum absolute atomic E-state index is 0.0860. The van der Waals surface area contributed by atoms with Crippen molar-refractivity contribution in [2.45, 2.75) is 32.9 Å². The van der Waals surface area contributed by atoms with Gasteiger partial charge in [-0.3, -0.25) is 4.79 Å². The van der Waals surface area contributed by atoms with Gasteiger partial charge >= 0.3 is 0 Å². The number of benzene rings is 3. The molecule has 0 heterocycles. The Labute approximate surface area is 148 Å². The van der Waals surface area contributed by atoms with Crippen molar-refractivity contribution in [2.75, 3.05) is 0 Å². The van der Waals surface area contributed by atoms with Crippen LogP contribution in [0.4, 0.5) is 0 Å². The van der Waals surface area contributed by atoms with Gasteiger partial charge in [-0.25, -0.2) is 0 Å². The van der Waals surface area contributed by atoms with Crippen LogP contribution in [-0.2, 0) is 11.3 Å². The zero-order valence-corrected chi connectivity index (χ0v) is 14.7. The Morgan fingerprint density at radius 3 is 2.56 bits per heavy atom. The molecule has 1 N–H and O–H groups in total. The molecule has 0 bridgehead atoms. The van der Waals surface area contributed by atoms with Gasteiger partial charge in [0.15, 0.2) is 6.10 Å². The first-order valence-corrected chi connectivity index (χ1v) is 8.64. The molecule has 0 aromatic heterocycles. The number of carbonyl (C=O) groups is 1. The molecule has 0 fully saturated rings. The van der Waals surface area contributed by atoms with E-state index in [1.165, 1.54) is 5.56 Å². The van der Waals surface area contributed by atoms with Gasteiger partial charge in [0.1, 0.15) is 5.75 Å². The fourth-order valence-electron chi connectivity index (χ4n) is 2.85. The van der Waals surface area contributed by atoms with E-state index in [9.17, 15) is 4.79 Å². The van der Waals surface area contributed by atoms with Crippen LogP contribution in [0.1, 0.15) is 24.5 Å². The van der Waals surface area contributed by atoms with Crippen LogP contribution in [0.25, 0.3) is 10.8 Å². The van der Waals surface area contributed by atoms with E-state index in [2.05, 4.69) is 17.4 Å². The van der Waals surface area contributed by atoms with Gasteiger partial charge in [-0.15, -0.1) is 0 Å². The molecule has 0 aliphatic heterocycles. The molecule has 0 saturated carbocycles. The molecular weight excluding hydrogens is 310 g/mol. The maximum absolute atomic E-state index is 12.5. The molecule has 3 nitrogen and oxygen atoms in total. The third-order valence-electron chi connectivity index (χ3n) is 4.21. The molecular formula is C22H23NO2. The molecule has 25 heavy (non-hydrogen) atoms. The largest absolute Gasteiger partial charge is 0.481 e. The number of amides is 1. The lowest BCUT2D eigenvalue weighted by molar-refractivity contribution is -0.128. The number of hydrogen-bond donors (Lipinski definition) is 1. The smallest absolute Gasteiger partial charge is 0.261 e. The number of hydrogen-bond acceptors (Lipinski definition) is 2. The summed E-state index contributed by atoms with van der Waals surface area (Å²) in [7, 11) is 0. The molecule has 3 aromatic rings. The lowest BCUT2D eigenvalue weighted by atomic mass is 10.1. The van der Waals surface area contributed by atoms with E-state index < -0.39 is 6.10 Å². The molecule has 1 atom stereocenters. The van der Waals surface area contributed by atoms with E-state index in [4.69, 9.17) is 4.74 Å². The maximum Gasteiger partial charge on any atom is 0.261 e. The Morgan fingerprint density at radius 2 is 1.80 bits per heavy atom. The molecule has 3 rings (SSSR count). The Morgan fingerprint density at radius 1 is 1.00 bits per heavy atom. The topological polar surface area (TPSA) is 38.3 Å². The van der Waals surface area contributed by atoms with Crippen LogP contribution >= 0.6 is 0 Å². The zero-order valence-electron chi connectivity index (χ0n) is 14.7. The summed E-state index contributed by atoms with van der Waals surface area (Å²) >= 11 is 0. The van der Waals surface area contributed by atoms with Gasteiger partial charge in [0.25, 0.3) is 5.91 Å². The average Bonchev–Trinajstić information content (AvgIpc) is 2.64. The van der Waals surface area contributed by atoms with E-state index in [0.717, 1.165) is 22.1 Å². The van der Waals surface area contributed by atoms with Crippen molar-refractivity contribution in [1.82, 2.24) is 5.32 Å². The van der Waals surface area contributed by atoms with Crippen LogP contribution in [0.5, 0.6) is 5.75 Å². The highest BCUT2D eigenvalue weighted by atomic mass is 16.5. The number of fused-ring (bicyclic) bond motifs is 1. The monoisotopic (exact) mass is 333 g/mol. The van der Waals surface area contributed by atoms with Gasteiger partial charge < -0.3 is 10.1 Å². The van der Waals surface area contributed by atoms with Crippen LogP contribution < -0.4 is 10.1 Å². The second kappa shape index (κ2) is 7.84. The van der Waals surface area contributed by atoms with Crippen LogP contribution in [0.3, 0.4) is 0 Å². The minimum atomic E-state index is -0.494. The highest BCUT2D eigenvalue weighted by Crippen LogP contribution is 2.22. The number of carbonyl (C=O) groups excluding carboxylic acids is 1. The Bertz CT molecular complexity index is 873. The molecule has 0 spiro atoms. The Balaban J connectivity index is 1.65. The summed E-state index contributed by atoms with van der Waals surface area (Å²) in [6, 6.07) is 22.2. The van der Waals surface area contributed by atoms with Crippen molar-refractivity contribution < 1.29 is 9.53 Å². The van der Waals surface area contributed by atoms with Crippen molar-refractivity contribution in [3.63, 3.8) is 0 Å². The Kier molecular flexibility index (Phi) is 5.34. The van der Waals surface area contributed by atoms with E-state index in [1.807, 2.05) is 68.4 Å². The van der Waals surface area contributed by atoms with Crippen LogP contribution in [0, 0.1) is 6.92 Å². The van der Waals surface area contributed by atoms with Crippen molar-refractivity contribution >= 4 is 16.7 Å². The molecule has 128 valence electrons. The predicted molar refractivity (Wildman–Crippen MR) is 102 cm³/mol. The zero-order chi connectivity index (χ0) is 17.6. The van der Waals surface area contributed by atoms with Gasteiger partial charge in [0.05, 0.1) is 0 Å². The molecule has 0 aliphatic rings. The van der Waals surface area contributed by atoms with Gasteiger partial charge in [0.2, 0.25) is 0 Å². The summed E-state index contributed by atoms with van der Waals surface area (Å²) < 4.78 is 5.93. The first-order chi connectivity index (χ1) is 12.2. The van der Waals surface area contributed by atoms with Crippen molar-refractivity contribution in [3.05, 3.63) is 77.9 Å². The number of nitrogens with one attached hydrogen (secondary N) is 1. The summed E-state index contributed by atoms with van der Waals surface area (Å²) in [6.07, 6.45) is 0.123. The van der Waals surface area contributed by atoms with Crippen molar-refractivity contribution in [3.8, 4) is 5.75 Å². The van der Waals surface area contributed by atoms with E-state index in [0.29, 0.717) is 13.0 Å². The molecule has 0 aliphatic carbocycles. The van der Waals surface area contributed by atoms with Crippen molar-refractivity contribution in [1.29, 1.82) is 0 Å². The summed E-state index contributed by atoms with van der Waals surface area (Å²) in [6.45, 7) is 4.51. The van der Waals surface area contributed by atoms with E-state index in [-0.39, 0.29) is 5.91 Å². The average molecular weight is 333 g/mol. The first-order valence-electron chi connectivity index (χ1n) is 8.64. The second-order valence-electron chi connectivity index (χ2n) is 6.23. The van der Waals surface area contributed by atoms with E-state index in [1.54, 1.807) is 0 Å². The van der Waals surface area contributed by atoms with Crippen molar-refractivity contribution in [2.24, 2.45) is 0 Å².